The van der Waals surface area contributed by atoms with E-state index in [9.17, 15) is 9.18 Å². The van der Waals surface area contributed by atoms with E-state index in [4.69, 9.17) is 4.42 Å². The van der Waals surface area contributed by atoms with Gasteiger partial charge >= 0.3 is 17.8 Å². The predicted octanol–water partition coefficient (Wildman–Crippen LogP) is 2.74. The van der Waals surface area contributed by atoms with Gasteiger partial charge in [0.25, 0.3) is 0 Å². The fourth-order valence-corrected chi connectivity index (χ4v) is 5.04. The molecule has 6 rings (SSSR count). The Kier molecular flexibility index (Phi) is 4.46. The van der Waals surface area contributed by atoms with Gasteiger partial charge in [0.2, 0.25) is 0 Å². The second kappa shape index (κ2) is 7.39. The Morgan fingerprint density at radius 2 is 2.06 bits per heavy atom. The fourth-order valence-electron chi connectivity index (χ4n) is 5.04. The molecular formula is C22H23FN8O2. The number of rotatable bonds is 3. The first-order chi connectivity index (χ1) is 16.0. The number of imidazole rings is 1. The SMILES string of the molecule is C[C@@H]1CC[C@@H](C)N1C(=O)c1nnc(N2CCc3[nH]cnc3[C@@H]2c2cc3c(F)cccn3n2)o1. The van der Waals surface area contributed by atoms with E-state index in [1.165, 1.54) is 10.6 Å². The normalized spacial score (nSPS) is 22.8. The highest BCUT2D eigenvalue weighted by Gasteiger charge is 2.38. The number of amides is 1. The number of pyridine rings is 1. The summed E-state index contributed by atoms with van der Waals surface area (Å²) < 4.78 is 21.8. The van der Waals surface area contributed by atoms with Gasteiger partial charge in [-0.05, 0) is 44.9 Å². The van der Waals surface area contributed by atoms with Gasteiger partial charge in [-0.1, -0.05) is 5.10 Å². The number of halogens is 1. The Labute approximate surface area is 188 Å². The predicted molar refractivity (Wildman–Crippen MR) is 115 cm³/mol. The zero-order valence-corrected chi connectivity index (χ0v) is 18.3. The Morgan fingerprint density at radius 1 is 1.24 bits per heavy atom. The van der Waals surface area contributed by atoms with Crippen LogP contribution in [0.3, 0.4) is 0 Å². The fraction of sp³-hybridized carbons (Fsp3) is 0.409. The Balaban J connectivity index is 1.39. The third kappa shape index (κ3) is 3.10. The lowest BCUT2D eigenvalue weighted by atomic mass is 10.0. The highest BCUT2D eigenvalue weighted by molar-refractivity contribution is 5.90. The average Bonchev–Trinajstić information content (AvgIpc) is 3.59. The number of carbonyl (C=O) groups excluding carboxylic acids is 1. The third-order valence-electron chi connectivity index (χ3n) is 6.70. The molecule has 6 heterocycles. The maximum Gasteiger partial charge on any atom is 0.319 e. The van der Waals surface area contributed by atoms with Crippen molar-refractivity contribution in [1.82, 2.24) is 34.7 Å². The van der Waals surface area contributed by atoms with Crippen molar-refractivity contribution in [1.29, 1.82) is 0 Å². The van der Waals surface area contributed by atoms with E-state index in [2.05, 4.69) is 25.3 Å². The summed E-state index contributed by atoms with van der Waals surface area (Å²) in [4.78, 5) is 24.4. The maximum atomic E-state index is 14.3. The first-order valence-corrected chi connectivity index (χ1v) is 11.1. The second-order valence-corrected chi connectivity index (χ2v) is 8.75. The first kappa shape index (κ1) is 19.9. The average molecular weight is 450 g/mol. The van der Waals surface area contributed by atoms with Gasteiger partial charge in [-0.15, -0.1) is 5.10 Å². The minimum Gasteiger partial charge on any atom is -0.399 e. The molecule has 11 heteroatoms. The summed E-state index contributed by atoms with van der Waals surface area (Å²) in [5.41, 5.74) is 2.71. The molecular weight excluding hydrogens is 427 g/mol. The van der Waals surface area contributed by atoms with Crippen molar-refractivity contribution in [2.24, 2.45) is 0 Å². The van der Waals surface area contributed by atoms with Gasteiger partial charge in [0.15, 0.2) is 0 Å². The minimum absolute atomic E-state index is 0.0294. The lowest BCUT2D eigenvalue weighted by molar-refractivity contribution is 0.0652. The summed E-state index contributed by atoms with van der Waals surface area (Å²) >= 11 is 0. The summed E-state index contributed by atoms with van der Waals surface area (Å²) in [6.07, 6.45) is 5.92. The van der Waals surface area contributed by atoms with E-state index in [0.29, 0.717) is 24.2 Å². The van der Waals surface area contributed by atoms with Crippen molar-refractivity contribution in [2.75, 3.05) is 11.4 Å². The van der Waals surface area contributed by atoms with Crippen LogP contribution in [0, 0.1) is 5.82 Å². The summed E-state index contributed by atoms with van der Waals surface area (Å²) in [6, 6.07) is 4.72. The van der Waals surface area contributed by atoms with E-state index in [-0.39, 0.29) is 35.7 Å². The molecule has 0 unspecified atom stereocenters. The third-order valence-corrected chi connectivity index (χ3v) is 6.70. The van der Waals surface area contributed by atoms with Crippen LogP contribution in [0.1, 0.15) is 60.5 Å². The van der Waals surface area contributed by atoms with E-state index in [0.717, 1.165) is 24.2 Å². The van der Waals surface area contributed by atoms with E-state index in [1.807, 2.05) is 23.6 Å². The standard InChI is InChI=1S/C22H23FN8O2/c1-12-5-6-13(2)31(12)21(32)20-26-27-22(33-20)29-9-7-15-18(25-11-24-15)19(29)16-10-17-14(23)4-3-8-30(17)28-16/h3-4,8,10-13,19H,5-7,9H2,1-2H3,(H,24,25)/t12-,13-,19+/m1/s1. The van der Waals surface area contributed by atoms with Gasteiger partial charge in [-0.3, -0.25) is 4.79 Å². The molecule has 1 amide bonds. The van der Waals surface area contributed by atoms with Crippen LogP contribution in [0.25, 0.3) is 5.52 Å². The number of nitrogens with zero attached hydrogens (tertiary/aromatic N) is 7. The number of H-pyrrole nitrogens is 1. The van der Waals surface area contributed by atoms with Crippen LogP contribution >= 0.6 is 0 Å². The van der Waals surface area contributed by atoms with Gasteiger partial charge in [-0.2, -0.15) is 5.10 Å². The van der Waals surface area contributed by atoms with Crippen LogP contribution in [-0.2, 0) is 6.42 Å². The second-order valence-electron chi connectivity index (χ2n) is 8.75. The van der Waals surface area contributed by atoms with Crippen molar-refractivity contribution < 1.29 is 13.6 Å². The van der Waals surface area contributed by atoms with E-state index >= 15 is 0 Å². The van der Waals surface area contributed by atoms with Crippen LogP contribution in [0.5, 0.6) is 0 Å². The van der Waals surface area contributed by atoms with Crippen LogP contribution in [0.4, 0.5) is 10.4 Å². The molecule has 1 fully saturated rings. The number of anilines is 1. The number of hydrogen-bond acceptors (Lipinski definition) is 7. The first-order valence-electron chi connectivity index (χ1n) is 11.1. The Bertz CT molecular complexity index is 1330. The summed E-state index contributed by atoms with van der Waals surface area (Å²) in [5, 5.41) is 12.9. The van der Waals surface area contributed by atoms with Gasteiger partial charge in [-0.25, -0.2) is 13.9 Å². The molecule has 2 aliphatic heterocycles. The number of nitrogens with one attached hydrogen (secondary N) is 1. The number of carbonyl (C=O) groups is 1. The topological polar surface area (TPSA) is 108 Å². The zero-order chi connectivity index (χ0) is 22.7. The molecule has 0 aromatic carbocycles. The van der Waals surface area contributed by atoms with E-state index in [1.54, 1.807) is 24.7 Å². The molecule has 170 valence electrons. The number of aromatic nitrogens is 6. The van der Waals surface area contributed by atoms with Gasteiger partial charge in [0.1, 0.15) is 17.4 Å². The molecule has 0 radical (unpaired) electrons. The number of likely N-dealkylation sites (tertiary alicyclic amines) is 1. The maximum absolute atomic E-state index is 14.3. The van der Waals surface area contributed by atoms with Crippen molar-refractivity contribution in [3.63, 3.8) is 0 Å². The van der Waals surface area contributed by atoms with Crippen molar-refractivity contribution in [3.05, 3.63) is 59.5 Å². The molecule has 0 aliphatic carbocycles. The number of hydrogen-bond donors (Lipinski definition) is 1. The van der Waals surface area contributed by atoms with Crippen molar-refractivity contribution in [3.8, 4) is 0 Å². The van der Waals surface area contributed by atoms with Crippen LogP contribution < -0.4 is 4.90 Å². The van der Waals surface area contributed by atoms with Crippen molar-refractivity contribution in [2.45, 2.75) is 51.2 Å². The van der Waals surface area contributed by atoms with Crippen LogP contribution in [0.15, 0.2) is 35.1 Å². The van der Waals surface area contributed by atoms with Crippen molar-refractivity contribution >= 4 is 17.4 Å². The molecule has 1 saturated heterocycles. The quantitative estimate of drug-likeness (QED) is 0.511. The lowest BCUT2D eigenvalue weighted by Crippen LogP contribution is -2.38. The smallest absolute Gasteiger partial charge is 0.319 e. The van der Waals surface area contributed by atoms with Crippen LogP contribution in [0.2, 0.25) is 0 Å². The largest absolute Gasteiger partial charge is 0.399 e. The van der Waals surface area contributed by atoms with Crippen LogP contribution in [-0.4, -0.2) is 59.2 Å². The number of aromatic amines is 1. The Hall–Kier alpha value is -3.76. The highest BCUT2D eigenvalue weighted by Crippen LogP contribution is 2.36. The zero-order valence-electron chi connectivity index (χ0n) is 18.3. The summed E-state index contributed by atoms with van der Waals surface area (Å²) in [5.74, 6) is -0.645. The van der Waals surface area contributed by atoms with Gasteiger partial charge in [0, 0.05) is 36.9 Å². The van der Waals surface area contributed by atoms with Gasteiger partial charge < -0.3 is 19.2 Å². The molecule has 0 saturated carbocycles. The molecule has 4 aromatic heterocycles. The Morgan fingerprint density at radius 3 is 2.85 bits per heavy atom. The lowest BCUT2D eigenvalue weighted by Gasteiger charge is -2.32. The summed E-state index contributed by atoms with van der Waals surface area (Å²) in [6.45, 7) is 4.60. The van der Waals surface area contributed by atoms with Gasteiger partial charge in [0.05, 0.1) is 17.7 Å². The molecule has 3 atom stereocenters. The monoisotopic (exact) mass is 450 g/mol. The highest BCUT2D eigenvalue weighted by atomic mass is 19.1. The molecule has 33 heavy (non-hydrogen) atoms. The summed E-state index contributed by atoms with van der Waals surface area (Å²) in [7, 11) is 0. The molecule has 2 aliphatic rings. The number of fused-ring (bicyclic) bond motifs is 2. The minimum atomic E-state index is -0.465. The molecule has 0 spiro atoms. The molecule has 0 bridgehead atoms. The van der Waals surface area contributed by atoms with E-state index < -0.39 is 6.04 Å². The molecule has 4 aromatic rings. The molecule has 1 N–H and O–H groups in total. The molecule has 10 nitrogen and oxygen atoms in total.